The first-order valence-corrected chi connectivity index (χ1v) is 6.14. The van der Waals surface area contributed by atoms with Crippen LogP contribution in [0.3, 0.4) is 0 Å². The molecule has 0 radical (unpaired) electrons. The third-order valence-corrected chi connectivity index (χ3v) is 3.19. The second kappa shape index (κ2) is 5.72. The van der Waals surface area contributed by atoms with Gasteiger partial charge in [0.1, 0.15) is 6.23 Å². The van der Waals surface area contributed by atoms with Gasteiger partial charge in [-0.2, -0.15) is 0 Å². The molecule has 3 atom stereocenters. The van der Waals surface area contributed by atoms with Gasteiger partial charge < -0.3 is 5.11 Å². The van der Waals surface area contributed by atoms with Crippen molar-refractivity contribution in [2.24, 2.45) is 5.92 Å². The van der Waals surface area contributed by atoms with E-state index in [0.29, 0.717) is 6.04 Å². The number of aliphatic hydroxyl groups excluding tert-OH is 1. The smallest absolute Gasteiger partial charge is 0.107 e. The van der Waals surface area contributed by atoms with E-state index in [1.807, 2.05) is 0 Å². The fourth-order valence-corrected chi connectivity index (χ4v) is 2.07. The second-order valence-corrected chi connectivity index (χ2v) is 4.64. The zero-order chi connectivity index (χ0) is 10.6. The Hall–Kier alpha value is -0.0800. The summed E-state index contributed by atoms with van der Waals surface area (Å²) >= 11 is 0. The lowest BCUT2D eigenvalue weighted by Gasteiger charge is -2.28. The minimum absolute atomic E-state index is 0.193. The second-order valence-electron chi connectivity index (χ2n) is 4.64. The molecule has 1 aliphatic rings. The van der Waals surface area contributed by atoms with Gasteiger partial charge in [0.15, 0.2) is 0 Å². The molecular formula is C12H25NO. The van der Waals surface area contributed by atoms with Crippen LogP contribution in [0.25, 0.3) is 0 Å². The normalized spacial score (nSPS) is 28.1. The first-order chi connectivity index (χ1) is 6.70. The lowest BCUT2D eigenvalue weighted by Crippen LogP contribution is -2.38. The first kappa shape index (κ1) is 12.0. The fourth-order valence-electron chi connectivity index (χ4n) is 2.07. The van der Waals surface area contributed by atoms with E-state index in [-0.39, 0.29) is 6.23 Å². The van der Waals surface area contributed by atoms with Gasteiger partial charge in [0.25, 0.3) is 0 Å². The van der Waals surface area contributed by atoms with Crippen LogP contribution in [0, 0.1) is 5.92 Å². The molecule has 0 spiro atoms. The summed E-state index contributed by atoms with van der Waals surface area (Å²) in [6.07, 6.45) is 5.52. The molecule has 0 heterocycles. The maximum atomic E-state index is 9.99. The van der Waals surface area contributed by atoms with Crippen LogP contribution in [0.15, 0.2) is 0 Å². The number of nitrogens with zero attached hydrogens (tertiary/aromatic N) is 1. The highest BCUT2D eigenvalue weighted by Crippen LogP contribution is 2.36. The van der Waals surface area contributed by atoms with E-state index in [0.717, 1.165) is 25.3 Å². The van der Waals surface area contributed by atoms with E-state index in [2.05, 4.69) is 25.7 Å². The molecule has 1 saturated carbocycles. The highest BCUT2D eigenvalue weighted by Gasteiger charge is 2.39. The van der Waals surface area contributed by atoms with E-state index in [4.69, 9.17) is 0 Å². The van der Waals surface area contributed by atoms with Gasteiger partial charge in [0, 0.05) is 12.6 Å². The predicted molar refractivity (Wildman–Crippen MR) is 60.1 cm³/mol. The van der Waals surface area contributed by atoms with E-state index in [1.165, 1.54) is 19.3 Å². The molecule has 84 valence electrons. The topological polar surface area (TPSA) is 23.5 Å². The maximum absolute atomic E-state index is 9.99. The van der Waals surface area contributed by atoms with Crippen molar-refractivity contribution in [3.8, 4) is 0 Å². The van der Waals surface area contributed by atoms with Crippen LogP contribution >= 0.6 is 0 Å². The molecule has 3 unspecified atom stereocenters. The SMILES string of the molecule is CCCCN(C(O)CCC)C1CC1C. The fraction of sp³-hybridized carbons (Fsp3) is 1.00. The van der Waals surface area contributed by atoms with Crippen molar-refractivity contribution in [2.75, 3.05) is 6.54 Å². The molecule has 0 aromatic heterocycles. The minimum Gasteiger partial charge on any atom is -0.378 e. The average Bonchev–Trinajstić information content (AvgIpc) is 2.84. The quantitative estimate of drug-likeness (QED) is 0.637. The number of rotatable bonds is 7. The molecule has 0 amide bonds. The van der Waals surface area contributed by atoms with E-state index in [1.54, 1.807) is 0 Å². The molecule has 2 nitrogen and oxygen atoms in total. The molecule has 14 heavy (non-hydrogen) atoms. The highest BCUT2D eigenvalue weighted by molar-refractivity contribution is 4.92. The maximum Gasteiger partial charge on any atom is 0.107 e. The summed E-state index contributed by atoms with van der Waals surface area (Å²) < 4.78 is 0. The Morgan fingerprint density at radius 2 is 2.00 bits per heavy atom. The molecule has 0 bridgehead atoms. The number of unbranched alkanes of at least 4 members (excludes halogenated alkanes) is 1. The molecule has 0 aliphatic heterocycles. The number of hydrogen-bond donors (Lipinski definition) is 1. The lowest BCUT2D eigenvalue weighted by molar-refractivity contribution is -0.0121. The standard InChI is InChI=1S/C12H25NO/c1-4-6-8-13(11-9-10(11)3)12(14)7-5-2/h10-12,14H,4-9H2,1-3H3. The van der Waals surface area contributed by atoms with Crippen molar-refractivity contribution in [3.63, 3.8) is 0 Å². The van der Waals surface area contributed by atoms with Crippen molar-refractivity contribution in [3.05, 3.63) is 0 Å². The lowest BCUT2D eigenvalue weighted by atomic mass is 10.2. The van der Waals surface area contributed by atoms with Gasteiger partial charge >= 0.3 is 0 Å². The van der Waals surface area contributed by atoms with Gasteiger partial charge in [0.05, 0.1) is 0 Å². The monoisotopic (exact) mass is 199 g/mol. The summed E-state index contributed by atoms with van der Waals surface area (Å²) in [5.74, 6) is 0.804. The van der Waals surface area contributed by atoms with Gasteiger partial charge in [-0.15, -0.1) is 0 Å². The summed E-state index contributed by atoms with van der Waals surface area (Å²) in [5, 5.41) is 9.99. The zero-order valence-corrected chi connectivity index (χ0v) is 9.87. The van der Waals surface area contributed by atoms with Crippen LogP contribution in [0.4, 0.5) is 0 Å². The van der Waals surface area contributed by atoms with Crippen LogP contribution in [0.2, 0.25) is 0 Å². The number of hydrogen-bond acceptors (Lipinski definition) is 2. The molecule has 1 fully saturated rings. The Bertz CT molecular complexity index is 160. The van der Waals surface area contributed by atoms with E-state index in [9.17, 15) is 5.11 Å². The first-order valence-electron chi connectivity index (χ1n) is 6.14. The van der Waals surface area contributed by atoms with Gasteiger partial charge in [0.2, 0.25) is 0 Å². The van der Waals surface area contributed by atoms with Crippen LogP contribution in [-0.4, -0.2) is 28.8 Å². The van der Waals surface area contributed by atoms with Crippen molar-refractivity contribution in [1.82, 2.24) is 4.90 Å². The van der Waals surface area contributed by atoms with Gasteiger partial charge in [-0.1, -0.05) is 33.6 Å². The molecule has 2 heteroatoms. The summed E-state index contributed by atoms with van der Waals surface area (Å²) in [6.45, 7) is 7.70. The van der Waals surface area contributed by atoms with Crippen LogP contribution < -0.4 is 0 Å². The Labute approximate surface area is 88.3 Å². The predicted octanol–water partition coefficient (Wildman–Crippen LogP) is 2.62. The average molecular weight is 199 g/mol. The Morgan fingerprint density at radius 1 is 1.36 bits per heavy atom. The van der Waals surface area contributed by atoms with Crippen LogP contribution in [0.1, 0.15) is 52.9 Å². The molecule has 1 rings (SSSR count). The third kappa shape index (κ3) is 3.25. The van der Waals surface area contributed by atoms with Crippen molar-refractivity contribution < 1.29 is 5.11 Å². The van der Waals surface area contributed by atoms with Gasteiger partial charge in [-0.05, 0) is 25.2 Å². The summed E-state index contributed by atoms with van der Waals surface area (Å²) in [5.41, 5.74) is 0. The van der Waals surface area contributed by atoms with Crippen molar-refractivity contribution in [2.45, 2.75) is 65.1 Å². The molecular weight excluding hydrogens is 174 g/mol. The van der Waals surface area contributed by atoms with Crippen LogP contribution in [0.5, 0.6) is 0 Å². The van der Waals surface area contributed by atoms with Gasteiger partial charge in [-0.25, -0.2) is 0 Å². The molecule has 0 aromatic carbocycles. The van der Waals surface area contributed by atoms with E-state index < -0.39 is 0 Å². The summed E-state index contributed by atoms with van der Waals surface area (Å²) in [7, 11) is 0. The van der Waals surface area contributed by atoms with E-state index >= 15 is 0 Å². The number of aliphatic hydroxyl groups is 1. The highest BCUT2D eigenvalue weighted by atomic mass is 16.3. The van der Waals surface area contributed by atoms with Gasteiger partial charge in [-0.3, -0.25) is 4.90 Å². The minimum atomic E-state index is -0.193. The molecule has 0 aromatic rings. The van der Waals surface area contributed by atoms with Crippen LogP contribution in [-0.2, 0) is 0 Å². The molecule has 0 saturated heterocycles. The summed E-state index contributed by atoms with van der Waals surface area (Å²) in [4.78, 5) is 2.32. The van der Waals surface area contributed by atoms with Crippen molar-refractivity contribution >= 4 is 0 Å². The Kier molecular flexibility index (Phi) is 4.90. The third-order valence-electron chi connectivity index (χ3n) is 3.19. The molecule has 1 aliphatic carbocycles. The van der Waals surface area contributed by atoms with Crippen molar-refractivity contribution in [1.29, 1.82) is 0 Å². The largest absolute Gasteiger partial charge is 0.378 e. The zero-order valence-electron chi connectivity index (χ0n) is 9.87. The molecule has 1 N–H and O–H groups in total. The Balaban J connectivity index is 2.35. The summed E-state index contributed by atoms with van der Waals surface area (Å²) in [6, 6.07) is 0.670. The Morgan fingerprint density at radius 3 is 2.43 bits per heavy atom.